The molecule has 110 valence electrons. The molecule has 2 rings (SSSR count). The molecule has 0 saturated heterocycles. The largest absolute Gasteiger partial charge is 0.478 e. The summed E-state index contributed by atoms with van der Waals surface area (Å²) in [6.07, 6.45) is 0. The zero-order valence-electron chi connectivity index (χ0n) is 13.6. The Morgan fingerprint density at radius 3 is 1.71 bits per heavy atom. The highest BCUT2D eigenvalue weighted by Gasteiger charge is 2.19. The maximum absolute atomic E-state index is 11.6. The van der Waals surface area contributed by atoms with Gasteiger partial charge in [0, 0.05) is 0 Å². The van der Waals surface area contributed by atoms with Gasteiger partial charge in [-0.05, 0) is 80.5 Å². The van der Waals surface area contributed by atoms with Crippen LogP contribution >= 0.6 is 0 Å². The molecule has 0 saturated carbocycles. The van der Waals surface area contributed by atoms with Crippen molar-refractivity contribution in [2.45, 2.75) is 41.5 Å². The fourth-order valence-corrected chi connectivity index (χ4v) is 3.47. The maximum atomic E-state index is 11.6. The maximum Gasteiger partial charge on any atom is 0.336 e. The van der Waals surface area contributed by atoms with Gasteiger partial charge >= 0.3 is 5.97 Å². The van der Waals surface area contributed by atoms with E-state index in [-0.39, 0.29) is 0 Å². The molecule has 0 radical (unpaired) electrons. The number of hydrogen-bond acceptors (Lipinski definition) is 1. The number of carboxylic acids is 1. The summed E-state index contributed by atoms with van der Waals surface area (Å²) in [7, 11) is 0. The number of benzene rings is 2. The summed E-state index contributed by atoms with van der Waals surface area (Å²) >= 11 is 0. The second kappa shape index (κ2) is 5.36. The fourth-order valence-electron chi connectivity index (χ4n) is 3.47. The first-order chi connectivity index (χ1) is 9.73. The molecule has 2 aromatic rings. The summed E-state index contributed by atoms with van der Waals surface area (Å²) in [5.41, 5.74) is 9.08. The van der Waals surface area contributed by atoms with Crippen LogP contribution in [0.2, 0.25) is 0 Å². The number of rotatable bonds is 2. The highest BCUT2D eigenvalue weighted by molar-refractivity contribution is 5.95. The normalized spacial score (nSPS) is 10.8. The molecule has 0 spiro atoms. The van der Waals surface area contributed by atoms with Crippen molar-refractivity contribution < 1.29 is 9.90 Å². The molecule has 0 heterocycles. The van der Waals surface area contributed by atoms with Crippen molar-refractivity contribution in [3.63, 3.8) is 0 Å². The van der Waals surface area contributed by atoms with E-state index >= 15 is 0 Å². The van der Waals surface area contributed by atoms with Gasteiger partial charge in [0.15, 0.2) is 0 Å². The zero-order valence-corrected chi connectivity index (χ0v) is 13.6. The molecule has 0 fully saturated rings. The third-order valence-corrected chi connectivity index (χ3v) is 4.11. The molecule has 21 heavy (non-hydrogen) atoms. The van der Waals surface area contributed by atoms with E-state index in [1.165, 1.54) is 16.7 Å². The Labute approximate surface area is 126 Å². The molecular formula is C19H22O2. The van der Waals surface area contributed by atoms with Crippen LogP contribution < -0.4 is 0 Å². The summed E-state index contributed by atoms with van der Waals surface area (Å²) < 4.78 is 0. The van der Waals surface area contributed by atoms with E-state index < -0.39 is 5.97 Å². The van der Waals surface area contributed by atoms with Crippen molar-refractivity contribution in [2.75, 3.05) is 0 Å². The molecule has 0 aliphatic carbocycles. The van der Waals surface area contributed by atoms with E-state index in [2.05, 4.69) is 39.8 Å². The quantitative estimate of drug-likeness (QED) is 0.850. The van der Waals surface area contributed by atoms with Crippen molar-refractivity contribution in [2.24, 2.45) is 0 Å². The summed E-state index contributed by atoms with van der Waals surface area (Å²) in [5, 5.41) is 9.49. The lowest BCUT2D eigenvalue weighted by molar-refractivity contribution is 0.0695. The Morgan fingerprint density at radius 1 is 0.762 bits per heavy atom. The van der Waals surface area contributed by atoms with E-state index in [4.69, 9.17) is 0 Å². The first kappa shape index (κ1) is 15.3. The summed E-state index contributed by atoms with van der Waals surface area (Å²) in [6.45, 7) is 12.1. The topological polar surface area (TPSA) is 37.3 Å². The summed E-state index contributed by atoms with van der Waals surface area (Å²) in [4.78, 5) is 11.6. The van der Waals surface area contributed by atoms with Crippen molar-refractivity contribution in [3.05, 3.63) is 57.1 Å². The molecule has 0 atom stereocenters. The molecule has 0 unspecified atom stereocenters. The minimum absolute atomic E-state index is 0.426. The molecular weight excluding hydrogens is 260 g/mol. The van der Waals surface area contributed by atoms with E-state index in [0.717, 1.165) is 27.8 Å². The first-order valence-electron chi connectivity index (χ1n) is 7.16. The lowest BCUT2D eigenvalue weighted by Crippen LogP contribution is -2.07. The average molecular weight is 282 g/mol. The van der Waals surface area contributed by atoms with Crippen molar-refractivity contribution in [1.82, 2.24) is 0 Å². The predicted molar refractivity (Wildman–Crippen MR) is 87.3 cm³/mol. The Kier molecular flexibility index (Phi) is 3.91. The van der Waals surface area contributed by atoms with E-state index in [9.17, 15) is 9.90 Å². The molecule has 2 nitrogen and oxygen atoms in total. The predicted octanol–water partition coefficient (Wildman–Crippen LogP) is 4.90. The van der Waals surface area contributed by atoms with Crippen molar-refractivity contribution in [3.8, 4) is 11.1 Å². The van der Waals surface area contributed by atoms with Gasteiger partial charge in [0.25, 0.3) is 0 Å². The molecule has 2 aromatic carbocycles. The SMILES string of the molecule is Cc1cc(C)c(-c2c(C)cc(C)c(C(=O)O)c2C)c(C)c1. The number of aryl methyl sites for hydroxylation is 5. The van der Waals surface area contributed by atoms with Gasteiger partial charge in [0.05, 0.1) is 5.56 Å². The Morgan fingerprint density at radius 2 is 1.24 bits per heavy atom. The van der Waals surface area contributed by atoms with Crippen LogP contribution in [0.15, 0.2) is 18.2 Å². The smallest absolute Gasteiger partial charge is 0.336 e. The van der Waals surface area contributed by atoms with Gasteiger partial charge in [0.2, 0.25) is 0 Å². The van der Waals surface area contributed by atoms with Crippen LogP contribution in [0.5, 0.6) is 0 Å². The van der Waals surface area contributed by atoms with Crippen LogP contribution in [0.3, 0.4) is 0 Å². The second-order valence-electron chi connectivity index (χ2n) is 5.96. The first-order valence-corrected chi connectivity index (χ1v) is 7.16. The number of carboxylic acid groups (broad SMARTS) is 1. The molecule has 1 N–H and O–H groups in total. The molecule has 2 heteroatoms. The van der Waals surface area contributed by atoms with Gasteiger partial charge < -0.3 is 5.11 Å². The van der Waals surface area contributed by atoms with Gasteiger partial charge in [0.1, 0.15) is 0 Å². The minimum atomic E-state index is -0.853. The number of carbonyl (C=O) groups is 1. The third kappa shape index (κ3) is 2.58. The highest BCUT2D eigenvalue weighted by atomic mass is 16.4. The Bertz CT molecular complexity index is 717. The minimum Gasteiger partial charge on any atom is -0.478 e. The van der Waals surface area contributed by atoms with Gasteiger partial charge in [-0.25, -0.2) is 4.79 Å². The summed E-state index contributed by atoms with van der Waals surface area (Å²) in [5.74, 6) is -0.853. The van der Waals surface area contributed by atoms with Gasteiger partial charge in [-0.3, -0.25) is 0 Å². The van der Waals surface area contributed by atoms with Crippen LogP contribution in [0.1, 0.15) is 43.7 Å². The zero-order chi connectivity index (χ0) is 15.9. The highest BCUT2D eigenvalue weighted by Crippen LogP contribution is 2.36. The molecule has 0 amide bonds. The van der Waals surface area contributed by atoms with Crippen LogP contribution in [-0.2, 0) is 0 Å². The molecule has 0 bridgehead atoms. The monoisotopic (exact) mass is 282 g/mol. The van der Waals surface area contributed by atoms with Crippen LogP contribution in [0.25, 0.3) is 11.1 Å². The molecule has 0 aromatic heterocycles. The molecule has 0 aliphatic rings. The second-order valence-corrected chi connectivity index (χ2v) is 5.96. The van der Waals surface area contributed by atoms with Crippen molar-refractivity contribution in [1.29, 1.82) is 0 Å². The van der Waals surface area contributed by atoms with E-state index in [1.807, 2.05) is 19.9 Å². The van der Waals surface area contributed by atoms with E-state index in [1.54, 1.807) is 0 Å². The Hall–Kier alpha value is -2.09. The van der Waals surface area contributed by atoms with Crippen molar-refractivity contribution >= 4 is 5.97 Å². The van der Waals surface area contributed by atoms with E-state index in [0.29, 0.717) is 5.56 Å². The van der Waals surface area contributed by atoms with Gasteiger partial charge in [-0.1, -0.05) is 23.8 Å². The van der Waals surface area contributed by atoms with Gasteiger partial charge in [-0.2, -0.15) is 0 Å². The number of hydrogen-bond donors (Lipinski definition) is 1. The third-order valence-electron chi connectivity index (χ3n) is 4.11. The van der Waals surface area contributed by atoms with Crippen LogP contribution in [0.4, 0.5) is 0 Å². The Balaban J connectivity index is 2.88. The summed E-state index contributed by atoms with van der Waals surface area (Å²) in [6, 6.07) is 6.29. The average Bonchev–Trinajstić information content (AvgIpc) is 2.30. The van der Waals surface area contributed by atoms with Gasteiger partial charge in [-0.15, -0.1) is 0 Å². The fraction of sp³-hybridized carbons (Fsp3) is 0.316. The van der Waals surface area contributed by atoms with Crippen LogP contribution in [0, 0.1) is 41.5 Å². The lowest BCUT2D eigenvalue weighted by atomic mass is 9.85. The van der Waals surface area contributed by atoms with Crippen LogP contribution in [-0.4, -0.2) is 11.1 Å². The standard InChI is InChI=1S/C19H22O2/c1-10-7-11(2)16(12(3)8-10)17-13(4)9-14(5)18(15(17)6)19(20)21/h7-9H,1-6H3,(H,20,21). The number of aromatic carboxylic acids is 1. The molecule has 0 aliphatic heterocycles. The lowest BCUT2D eigenvalue weighted by Gasteiger charge is -2.19.